The minimum Gasteiger partial charge on any atom is -0.396 e. The van der Waals surface area contributed by atoms with E-state index in [0.29, 0.717) is 10.7 Å². The molecule has 2 aromatic heterocycles. The van der Waals surface area contributed by atoms with Crippen LogP contribution in [0.5, 0.6) is 0 Å². The lowest BCUT2D eigenvalue weighted by Crippen LogP contribution is -1.96. The highest BCUT2D eigenvalue weighted by Gasteiger charge is 2.10. The Bertz CT molecular complexity index is 444. The van der Waals surface area contributed by atoms with Crippen molar-refractivity contribution in [3.05, 3.63) is 29.7 Å². The van der Waals surface area contributed by atoms with Crippen LogP contribution < -0.4 is 5.73 Å². The molecule has 0 spiro atoms. The van der Waals surface area contributed by atoms with Crippen molar-refractivity contribution in [3.63, 3.8) is 0 Å². The van der Waals surface area contributed by atoms with Gasteiger partial charge < -0.3 is 5.73 Å². The van der Waals surface area contributed by atoms with E-state index in [1.807, 2.05) is 13.1 Å². The summed E-state index contributed by atoms with van der Waals surface area (Å²) >= 11 is 6.00. The van der Waals surface area contributed by atoms with Crippen molar-refractivity contribution in [3.8, 4) is 11.3 Å². The third kappa shape index (κ3) is 1.33. The topological polar surface area (TPSA) is 56.7 Å². The second-order valence-corrected chi connectivity index (χ2v) is 3.33. The molecule has 0 bridgehead atoms. The highest BCUT2D eigenvalue weighted by molar-refractivity contribution is 6.33. The summed E-state index contributed by atoms with van der Waals surface area (Å²) in [4.78, 5) is 3.91. The lowest BCUT2D eigenvalue weighted by atomic mass is 10.2. The molecule has 2 heterocycles. The molecule has 0 atom stereocenters. The number of anilines is 1. The van der Waals surface area contributed by atoms with E-state index >= 15 is 0 Å². The van der Waals surface area contributed by atoms with Gasteiger partial charge in [0.15, 0.2) is 0 Å². The summed E-state index contributed by atoms with van der Waals surface area (Å²) in [7, 11) is 1.82. The van der Waals surface area contributed by atoms with E-state index in [-0.39, 0.29) is 0 Å². The number of aryl methyl sites for hydroxylation is 1. The van der Waals surface area contributed by atoms with Crippen LogP contribution in [0.1, 0.15) is 0 Å². The van der Waals surface area contributed by atoms with Crippen molar-refractivity contribution >= 4 is 17.3 Å². The predicted octanol–water partition coefficient (Wildman–Crippen LogP) is 1.72. The lowest BCUT2D eigenvalue weighted by molar-refractivity contribution is 0.776. The van der Waals surface area contributed by atoms with Gasteiger partial charge in [0, 0.05) is 25.0 Å². The average molecular weight is 209 g/mol. The number of nitrogens with zero attached hydrogens (tertiary/aromatic N) is 3. The quantitative estimate of drug-likeness (QED) is 0.777. The van der Waals surface area contributed by atoms with Gasteiger partial charge in [-0.3, -0.25) is 9.67 Å². The van der Waals surface area contributed by atoms with Crippen LogP contribution in [0.4, 0.5) is 5.69 Å². The molecule has 0 radical (unpaired) electrons. The summed E-state index contributed by atoms with van der Waals surface area (Å²) < 4.78 is 1.69. The van der Waals surface area contributed by atoms with Gasteiger partial charge in [0.05, 0.1) is 22.6 Å². The first-order chi connectivity index (χ1) is 6.70. The van der Waals surface area contributed by atoms with Crippen molar-refractivity contribution in [1.29, 1.82) is 0 Å². The molecule has 0 saturated heterocycles. The van der Waals surface area contributed by atoms with E-state index in [1.165, 1.54) is 0 Å². The monoisotopic (exact) mass is 208 g/mol. The van der Waals surface area contributed by atoms with Crippen LogP contribution in [0.3, 0.4) is 0 Å². The van der Waals surface area contributed by atoms with E-state index in [0.717, 1.165) is 11.3 Å². The Morgan fingerprint density at radius 1 is 1.43 bits per heavy atom. The Morgan fingerprint density at radius 3 is 2.79 bits per heavy atom. The van der Waals surface area contributed by atoms with Crippen molar-refractivity contribution in [2.75, 3.05) is 5.73 Å². The number of hydrogen-bond donors (Lipinski definition) is 1. The van der Waals surface area contributed by atoms with Gasteiger partial charge in [0.25, 0.3) is 0 Å². The molecule has 0 aliphatic carbocycles. The van der Waals surface area contributed by atoms with E-state index in [1.54, 1.807) is 23.3 Å². The number of nitrogen functional groups attached to an aromatic ring is 1. The van der Waals surface area contributed by atoms with Gasteiger partial charge in [-0.15, -0.1) is 0 Å². The van der Waals surface area contributed by atoms with E-state index in [4.69, 9.17) is 17.3 Å². The van der Waals surface area contributed by atoms with Crippen LogP contribution in [0.25, 0.3) is 11.3 Å². The second kappa shape index (κ2) is 3.31. The fraction of sp³-hybridized carbons (Fsp3) is 0.111. The van der Waals surface area contributed by atoms with E-state index < -0.39 is 0 Å². The maximum atomic E-state index is 6.00. The Labute approximate surface area is 86.3 Å². The first kappa shape index (κ1) is 9.02. The minimum absolute atomic E-state index is 0.572. The molecule has 4 nitrogen and oxygen atoms in total. The van der Waals surface area contributed by atoms with Gasteiger partial charge in [-0.1, -0.05) is 11.6 Å². The second-order valence-electron chi connectivity index (χ2n) is 2.93. The Hall–Kier alpha value is -1.55. The van der Waals surface area contributed by atoms with Crippen LogP contribution in [0.2, 0.25) is 5.02 Å². The van der Waals surface area contributed by atoms with Crippen molar-refractivity contribution in [2.24, 2.45) is 7.05 Å². The Balaban J connectivity index is 2.66. The molecule has 5 heteroatoms. The molecule has 2 N–H and O–H groups in total. The van der Waals surface area contributed by atoms with Crippen LogP contribution >= 0.6 is 11.6 Å². The largest absolute Gasteiger partial charge is 0.396 e. The number of nitrogens with two attached hydrogens (primary N) is 1. The van der Waals surface area contributed by atoms with Gasteiger partial charge in [0.2, 0.25) is 0 Å². The average Bonchev–Trinajstić information content (AvgIpc) is 2.48. The molecular formula is C9H9ClN4. The summed E-state index contributed by atoms with van der Waals surface area (Å²) in [5, 5.41) is 4.62. The number of aromatic nitrogens is 3. The number of pyridine rings is 1. The maximum Gasteiger partial charge on any atom is 0.0924 e. The first-order valence-corrected chi connectivity index (χ1v) is 4.45. The highest BCUT2D eigenvalue weighted by atomic mass is 35.5. The fourth-order valence-electron chi connectivity index (χ4n) is 1.35. The molecule has 72 valence electrons. The van der Waals surface area contributed by atoms with E-state index in [9.17, 15) is 0 Å². The normalized spacial score (nSPS) is 10.4. The highest BCUT2D eigenvalue weighted by Crippen LogP contribution is 2.30. The lowest BCUT2D eigenvalue weighted by Gasteiger charge is -2.04. The molecule has 0 amide bonds. The van der Waals surface area contributed by atoms with E-state index in [2.05, 4.69) is 10.1 Å². The van der Waals surface area contributed by atoms with Gasteiger partial charge in [-0.2, -0.15) is 5.10 Å². The SMILES string of the molecule is Cn1ncc(N)c1-c1ccncc1Cl. The van der Waals surface area contributed by atoms with Gasteiger partial charge in [-0.05, 0) is 6.07 Å². The van der Waals surface area contributed by atoms with Gasteiger partial charge in [-0.25, -0.2) is 0 Å². The standard InChI is InChI=1S/C9H9ClN4/c1-14-9(8(11)5-13-14)6-2-3-12-4-7(6)10/h2-5H,11H2,1H3. The van der Waals surface area contributed by atoms with Crippen molar-refractivity contribution < 1.29 is 0 Å². The molecule has 0 fully saturated rings. The summed E-state index contributed by atoms with van der Waals surface area (Å²) in [5.41, 5.74) is 8.06. The maximum absolute atomic E-state index is 6.00. The number of hydrogen-bond acceptors (Lipinski definition) is 3. The predicted molar refractivity (Wildman–Crippen MR) is 55.9 cm³/mol. The molecule has 2 aromatic rings. The molecule has 0 aromatic carbocycles. The Kier molecular flexibility index (Phi) is 2.13. The van der Waals surface area contributed by atoms with Crippen molar-refractivity contribution in [1.82, 2.24) is 14.8 Å². The zero-order chi connectivity index (χ0) is 10.1. The molecule has 0 unspecified atom stereocenters. The molecule has 0 aliphatic rings. The van der Waals surface area contributed by atoms with Crippen LogP contribution in [-0.4, -0.2) is 14.8 Å². The molecule has 14 heavy (non-hydrogen) atoms. The summed E-state index contributed by atoms with van der Waals surface area (Å²) in [6, 6.07) is 1.82. The third-order valence-corrected chi connectivity index (χ3v) is 2.30. The molecule has 0 aliphatic heterocycles. The summed E-state index contributed by atoms with van der Waals surface area (Å²) in [5.74, 6) is 0. The van der Waals surface area contributed by atoms with Gasteiger partial charge in [0.1, 0.15) is 0 Å². The smallest absolute Gasteiger partial charge is 0.0924 e. The zero-order valence-electron chi connectivity index (χ0n) is 7.61. The summed E-state index contributed by atoms with van der Waals surface area (Å²) in [6.45, 7) is 0. The van der Waals surface area contributed by atoms with Crippen LogP contribution in [0.15, 0.2) is 24.7 Å². The molecular weight excluding hydrogens is 200 g/mol. The first-order valence-electron chi connectivity index (χ1n) is 4.07. The van der Waals surface area contributed by atoms with Crippen LogP contribution in [0, 0.1) is 0 Å². The molecule has 2 rings (SSSR count). The Morgan fingerprint density at radius 2 is 2.21 bits per heavy atom. The van der Waals surface area contributed by atoms with Gasteiger partial charge >= 0.3 is 0 Å². The minimum atomic E-state index is 0.572. The summed E-state index contributed by atoms with van der Waals surface area (Å²) in [6.07, 6.45) is 4.86. The van der Waals surface area contributed by atoms with Crippen molar-refractivity contribution in [2.45, 2.75) is 0 Å². The number of rotatable bonds is 1. The zero-order valence-corrected chi connectivity index (χ0v) is 8.36. The number of halogens is 1. The molecule has 0 saturated carbocycles. The fourth-order valence-corrected chi connectivity index (χ4v) is 1.56. The third-order valence-electron chi connectivity index (χ3n) is 1.99. The van der Waals surface area contributed by atoms with Crippen LogP contribution in [-0.2, 0) is 7.05 Å².